The van der Waals surface area contributed by atoms with Crippen LogP contribution in [-0.2, 0) is 6.61 Å². The van der Waals surface area contributed by atoms with Gasteiger partial charge in [-0.2, -0.15) is 0 Å². The summed E-state index contributed by atoms with van der Waals surface area (Å²) in [6.45, 7) is 2.33. The van der Waals surface area contributed by atoms with Crippen molar-refractivity contribution in [3.05, 3.63) is 63.6 Å². The van der Waals surface area contributed by atoms with Crippen molar-refractivity contribution in [2.45, 2.75) is 19.6 Å². The Balaban J connectivity index is 2.04. The van der Waals surface area contributed by atoms with E-state index in [2.05, 4.69) is 0 Å². The number of nitrogens with two attached hydrogens (primary N) is 1. The summed E-state index contributed by atoms with van der Waals surface area (Å²) in [5.41, 5.74) is 7.74. The molecule has 1 atom stereocenters. The second-order valence-corrected chi connectivity index (χ2v) is 5.23. The molecule has 100 valence electrons. The molecule has 0 aromatic heterocycles. The molecule has 4 heteroatoms. The Hall–Kier alpha value is -1.22. The normalized spacial score (nSPS) is 12.2. The molecule has 2 aromatic rings. The molecule has 2 rings (SSSR count). The van der Waals surface area contributed by atoms with Gasteiger partial charge >= 0.3 is 0 Å². The number of hydrogen-bond acceptors (Lipinski definition) is 2. The fraction of sp³-hybridized carbons (Fsp3) is 0.200. The van der Waals surface area contributed by atoms with Crippen molar-refractivity contribution in [3.63, 3.8) is 0 Å². The minimum atomic E-state index is 0.0245. The first kappa shape index (κ1) is 14.2. The summed E-state index contributed by atoms with van der Waals surface area (Å²) >= 11 is 12.0. The summed E-state index contributed by atoms with van der Waals surface area (Å²) in [6.07, 6.45) is 0. The lowest BCUT2D eigenvalue weighted by Gasteiger charge is -2.10. The fourth-order valence-electron chi connectivity index (χ4n) is 1.68. The Morgan fingerprint density at radius 3 is 2.42 bits per heavy atom. The third-order valence-electron chi connectivity index (χ3n) is 2.81. The minimum absolute atomic E-state index is 0.0245. The predicted octanol–water partition coefficient (Wildman–Crippen LogP) is 4.59. The van der Waals surface area contributed by atoms with Gasteiger partial charge in [-0.3, -0.25) is 0 Å². The number of rotatable bonds is 4. The van der Waals surface area contributed by atoms with Gasteiger partial charge in [0, 0.05) is 21.7 Å². The molecule has 0 aliphatic carbocycles. The number of benzene rings is 2. The Labute approximate surface area is 123 Å². The largest absolute Gasteiger partial charge is 0.489 e. The van der Waals surface area contributed by atoms with Gasteiger partial charge in [0.05, 0.1) is 0 Å². The van der Waals surface area contributed by atoms with E-state index in [4.69, 9.17) is 33.7 Å². The molecule has 19 heavy (non-hydrogen) atoms. The number of ether oxygens (including phenoxy) is 1. The lowest BCUT2D eigenvalue weighted by molar-refractivity contribution is 0.306. The SMILES string of the molecule is C[C@@H](N)c1ccc(OCc2cc(Cl)ccc2Cl)cc1. The topological polar surface area (TPSA) is 35.2 Å². The van der Waals surface area contributed by atoms with Crippen LogP contribution in [0.3, 0.4) is 0 Å². The molecule has 2 nitrogen and oxygen atoms in total. The van der Waals surface area contributed by atoms with Crippen LogP contribution in [-0.4, -0.2) is 0 Å². The van der Waals surface area contributed by atoms with Crippen molar-refractivity contribution in [3.8, 4) is 5.75 Å². The van der Waals surface area contributed by atoms with Crippen LogP contribution in [0.2, 0.25) is 10.0 Å². The lowest BCUT2D eigenvalue weighted by atomic mass is 10.1. The van der Waals surface area contributed by atoms with Crippen molar-refractivity contribution in [1.29, 1.82) is 0 Å². The minimum Gasteiger partial charge on any atom is -0.489 e. The van der Waals surface area contributed by atoms with Crippen LogP contribution in [0, 0.1) is 0 Å². The highest BCUT2D eigenvalue weighted by Gasteiger charge is 2.04. The van der Waals surface area contributed by atoms with Gasteiger partial charge < -0.3 is 10.5 Å². The summed E-state index contributed by atoms with van der Waals surface area (Å²) in [4.78, 5) is 0. The fourth-order valence-corrected chi connectivity index (χ4v) is 2.05. The van der Waals surface area contributed by atoms with Gasteiger partial charge in [0.2, 0.25) is 0 Å². The van der Waals surface area contributed by atoms with Gasteiger partial charge in [-0.05, 0) is 42.8 Å². The monoisotopic (exact) mass is 295 g/mol. The summed E-state index contributed by atoms with van der Waals surface area (Å²) in [6, 6.07) is 13.1. The average Bonchev–Trinajstić information content (AvgIpc) is 2.40. The highest BCUT2D eigenvalue weighted by Crippen LogP contribution is 2.23. The Bertz CT molecular complexity index is 553. The zero-order chi connectivity index (χ0) is 13.8. The summed E-state index contributed by atoms with van der Waals surface area (Å²) in [7, 11) is 0. The smallest absolute Gasteiger partial charge is 0.119 e. The van der Waals surface area contributed by atoms with Crippen LogP contribution < -0.4 is 10.5 Å². The zero-order valence-corrected chi connectivity index (χ0v) is 12.1. The summed E-state index contributed by atoms with van der Waals surface area (Å²) < 4.78 is 5.68. The van der Waals surface area contributed by atoms with Gasteiger partial charge in [0.15, 0.2) is 0 Å². The highest BCUT2D eigenvalue weighted by atomic mass is 35.5. The van der Waals surface area contributed by atoms with E-state index in [-0.39, 0.29) is 6.04 Å². The number of halogens is 2. The van der Waals surface area contributed by atoms with Crippen molar-refractivity contribution < 1.29 is 4.74 Å². The Kier molecular flexibility index (Phi) is 4.70. The van der Waals surface area contributed by atoms with Crippen molar-refractivity contribution in [1.82, 2.24) is 0 Å². The molecule has 0 saturated heterocycles. The summed E-state index contributed by atoms with van der Waals surface area (Å²) in [5, 5.41) is 1.30. The second-order valence-electron chi connectivity index (χ2n) is 4.38. The summed E-state index contributed by atoms with van der Waals surface area (Å²) in [5.74, 6) is 0.778. The van der Waals surface area contributed by atoms with Crippen LogP contribution >= 0.6 is 23.2 Å². The van der Waals surface area contributed by atoms with E-state index >= 15 is 0 Å². The zero-order valence-electron chi connectivity index (χ0n) is 10.6. The maximum atomic E-state index is 6.07. The van der Waals surface area contributed by atoms with Gasteiger partial charge in [-0.1, -0.05) is 35.3 Å². The third-order valence-corrected chi connectivity index (χ3v) is 3.41. The van der Waals surface area contributed by atoms with E-state index < -0.39 is 0 Å². The molecule has 0 spiro atoms. The second kappa shape index (κ2) is 6.29. The van der Waals surface area contributed by atoms with E-state index in [1.807, 2.05) is 31.2 Å². The molecule has 0 aliphatic rings. The molecule has 0 bridgehead atoms. The molecule has 2 N–H and O–H groups in total. The molecule has 0 amide bonds. The molecule has 0 heterocycles. The highest BCUT2D eigenvalue weighted by molar-refractivity contribution is 6.33. The van der Waals surface area contributed by atoms with E-state index in [1.165, 1.54) is 0 Å². The van der Waals surface area contributed by atoms with Crippen molar-refractivity contribution >= 4 is 23.2 Å². The van der Waals surface area contributed by atoms with E-state index in [0.29, 0.717) is 16.7 Å². The predicted molar refractivity (Wildman–Crippen MR) is 79.8 cm³/mol. The first-order chi connectivity index (χ1) is 9.06. The number of hydrogen-bond donors (Lipinski definition) is 1. The van der Waals surface area contributed by atoms with Crippen LogP contribution in [0.25, 0.3) is 0 Å². The maximum absolute atomic E-state index is 6.07. The van der Waals surface area contributed by atoms with Crippen LogP contribution in [0.1, 0.15) is 24.1 Å². The first-order valence-electron chi connectivity index (χ1n) is 5.98. The molecule has 0 fully saturated rings. The first-order valence-corrected chi connectivity index (χ1v) is 6.74. The molecule has 2 aromatic carbocycles. The van der Waals surface area contributed by atoms with E-state index in [9.17, 15) is 0 Å². The van der Waals surface area contributed by atoms with Gasteiger partial charge in [0.1, 0.15) is 12.4 Å². The standard InChI is InChI=1S/C15H15Cl2NO/c1-10(18)11-2-5-14(6-3-11)19-9-12-8-13(16)4-7-15(12)17/h2-8,10H,9,18H2,1H3/t10-/m1/s1. The Morgan fingerprint density at radius 2 is 1.79 bits per heavy atom. The Morgan fingerprint density at radius 1 is 1.11 bits per heavy atom. The van der Waals surface area contributed by atoms with Crippen LogP contribution in [0.15, 0.2) is 42.5 Å². The van der Waals surface area contributed by atoms with Crippen molar-refractivity contribution in [2.24, 2.45) is 5.73 Å². The third kappa shape index (κ3) is 3.87. The molecule has 0 unspecified atom stereocenters. The van der Waals surface area contributed by atoms with Crippen LogP contribution in [0.5, 0.6) is 5.75 Å². The molecule has 0 aliphatic heterocycles. The molecule has 0 radical (unpaired) electrons. The van der Waals surface area contributed by atoms with Gasteiger partial charge in [-0.15, -0.1) is 0 Å². The van der Waals surface area contributed by atoms with Gasteiger partial charge in [-0.25, -0.2) is 0 Å². The van der Waals surface area contributed by atoms with Gasteiger partial charge in [0.25, 0.3) is 0 Å². The molecular weight excluding hydrogens is 281 g/mol. The van der Waals surface area contributed by atoms with E-state index in [1.54, 1.807) is 18.2 Å². The van der Waals surface area contributed by atoms with E-state index in [0.717, 1.165) is 16.9 Å². The maximum Gasteiger partial charge on any atom is 0.119 e. The lowest BCUT2D eigenvalue weighted by Crippen LogP contribution is -2.04. The van der Waals surface area contributed by atoms with Crippen molar-refractivity contribution in [2.75, 3.05) is 0 Å². The average molecular weight is 296 g/mol. The quantitative estimate of drug-likeness (QED) is 0.895. The molecule has 0 saturated carbocycles. The molecular formula is C15H15Cl2NO. The van der Waals surface area contributed by atoms with Crippen LogP contribution in [0.4, 0.5) is 0 Å².